The predicted octanol–water partition coefficient (Wildman–Crippen LogP) is 3.73. The summed E-state index contributed by atoms with van der Waals surface area (Å²) in [5.74, 6) is 0. The molecule has 19 heavy (non-hydrogen) atoms. The Morgan fingerprint density at radius 2 is 2.05 bits per heavy atom. The minimum Gasteiger partial charge on any atom is -0.393 e. The van der Waals surface area contributed by atoms with Crippen LogP contribution in [0.2, 0.25) is 0 Å². The number of aliphatic hydroxyl groups excluding tert-OH is 1. The molecule has 2 rings (SSSR count). The maximum absolute atomic E-state index is 10.0. The van der Waals surface area contributed by atoms with Gasteiger partial charge in [0.05, 0.1) is 17.8 Å². The highest BCUT2D eigenvalue weighted by Crippen LogP contribution is 2.29. The first kappa shape index (κ1) is 14.6. The Balaban J connectivity index is 1.77. The van der Waals surface area contributed by atoms with Crippen molar-refractivity contribution in [1.82, 2.24) is 9.78 Å². The third-order valence-electron chi connectivity index (χ3n) is 4.27. The maximum Gasteiger partial charge on any atom is 0.0624 e. The van der Waals surface area contributed by atoms with E-state index in [9.17, 15) is 5.11 Å². The second-order valence-corrected chi connectivity index (χ2v) is 7.00. The minimum absolute atomic E-state index is 0.0107. The van der Waals surface area contributed by atoms with E-state index in [1.54, 1.807) is 0 Å². The highest BCUT2D eigenvalue weighted by molar-refractivity contribution is 5.00. The van der Waals surface area contributed by atoms with E-state index >= 15 is 0 Å². The SMILES string of the molecule is CC(C)(C)C(O)CCCc1ccn(C2CCCC2)n1. The molecule has 1 aromatic heterocycles. The topological polar surface area (TPSA) is 38.0 Å². The fourth-order valence-electron chi connectivity index (χ4n) is 2.79. The van der Waals surface area contributed by atoms with Gasteiger partial charge in [-0.25, -0.2) is 0 Å². The predicted molar refractivity (Wildman–Crippen MR) is 78.1 cm³/mol. The van der Waals surface area contributed by atoms with Gasteiger partial charge < -0.3 is 5.11 Å². The lowest BCUT2D eigenvalue weighted by Crippen LogP contribution is -2.25. The van der Waals surface area contributed by atoms with Crippen LogP contribution in [0.15, 0.2) is 12.3 Å². The molecule has 3 heteroatoms. The van der Waals surface area contributed by atoms with Gasteiger partial charge in [-0.05, 0) is 43.6 Å². The van der Waals surface area contributed by atoms with Crippen molar-refractivity contribution in [1.29, 1.82) is 0 Å². The van der Waals surface area contributed by atoms with Crippen LogP contribution in [0.5, 0.6) is 0 Å². The number of aryl methyl sites for hydroxylation is 1. The third kappa shape index (κ3) is 4.07. The van der Waals surface area contributed by atoms with Crippen LogP contribution in [-0.4, -0.2) is 21.0 Å². The molecule has 0 radical (unpaired) electrons. The lowest BCUT2D eigenvalue weighted by atomic mass is 9.86. The van der Waals surface area contributed by atoms with Crippen LogP contribution >= 0.6 is 0 Å². The highest BCUT2D eigenvalue weighted by Gasteiger charge is 2.21. The summed E-state index contributed by atoms with van der Waals surface area (Å²) in [6, 6.07) is 2.77. The number of nitrogens with zero attached hydrogens (tertiary/aromatic N) is 2. The summed E-state index contributed by atoms with van der Waals surface area (Å²) in [5.41, 5.74) is 1.16. The van der Waals surface area contributed by atoms with Gasteiger partial charge in [-0.1, -0.05) is 33.6 Å². The van der Waals surface area contributed by atoms with E-state index in [2.05, 4.69) is 42.8 Å². The van der Waals surface area contributed by atoms with Gasteiger partial charge in [-0.2, -0.15) is 5.10 Å². The summed E-state index contributed by atoms with van der Waals surface area (Å²) in [6.45, 7) is 6.27. The Labute approximate surface area is 117 Å². The highest BCUT2D eigenvalue weighted by atomic mass is 16.3. The van der Waals surface area contributed by atoms with Gasteiger partial charge in [-0.3, -0.25) is 4.68 Å². The molecule has 1 aliphatic carbocycles. The molecule has 1 aromatic rings. The molecule has 0 saturated heterocycles. The van der Waals surface area contributed by atoms with Gasteiger partial charge in [0.1, 0.15) is 0 Å². The van der Waals surface area contributed by atoms with Crippen LogP contribution in [-0.2, 0) is 6.42 Å². The van der Waals surface area contributed by atoms with Crippen molar-refractivity contribution in [2.45, 2.75) is 77.9 Å². The molecule has 1 aliphatic rings. The van der Waals surface area contributed by atoms with E-state index in [1.807, 2.05) is 0 Å². The van der Waals surface area contributed by atoms with Crippen molar-refractivity contribution in [3.63, 3.8) is 0 Å². The minimum atomic E-state index is -0.218. The first-order chi connectivity index (χ1) is 8.97. The fraction of sp³-hybridized carbons (Fsp3) is 0.812. The molecule has 1 atom stereocenters. The fourth-order valence-corrected chi connectivity index (χ4v) is 2.79. The molecule has 0 amide bonds. The molecule has 1 heterocycles. The summed E-state index contributed by atoms with van der Waals surface area (Å²) in [7, 11) is 0. The van der Waals surface area contributed by atoms with Crippen LogP contribution in [0.25, 0.3) is 0 Å². The summed E-state index contributed by atoms with van der Waals surface area (Å²) in [4.78, 5) is 0. The van der Waals surface area contributed by atoms with Gasteiger partial charge in [0.2, 0.25) is 0 Å². The Bertz CT molecular complexity index is 386. The first-order valence-electron chi connectivity index (χ1n) is 7.69. The number of aromatic nitrogens is 2. The molecular weight excluding hydrogens is 236 g/mol. The summed E-state index contributed by atoms with van der Waals surface area (Å²) < 4.78 is 2.16. The summed E-state index contributed by atoms with van der Waals surface area (Å²) in [6.07, 6.45) is 10.0. The van der Waals surface area contributed by atoms with Crippen molar-refractivity contribution in [2.75, 3.05) is 0 Å². The van der Waals surface area contributed by atoms with Crippen LogP contribution in [0.3, 0.4) is 0 Å². The maximum atomic E-state index is 10.0. The molecule has 1 N–H and O–H groups in total. The van der Waals surface area contributed by atoms with Gasteiger partial charge in [0.25, 0.3) is 0 Å². The monoisotopic (exact) mass is 264 g/mol. The number of rotatable bonds is 5. The Morgan fingerprint density at radius 1 is 1.37 bits per heavy atom. The Hall–Kier alpha value is -0.830. The second kappa shape index (κ2) is 6.08. The van der Waals surface area contributed by atoms with Gasteiger partial charge >= 0.3 is 0 Å². The van der Waals surface area contributed by atoms with E-state index < -0.39 is 0 Å². The molecule has 1 unspecified atom stereocenters. The van der Waals surface area contributed by atoms with E-state index in [-0.39, 0.29) is 11.5 Å². The lowest BCUT2D eigenvalue weighted by Gasteiger charge is -2.25. The van der Waals surface area contributed by atoms with E-state index in [1.165, 1.54) is 31.4 Å². The van der Waals surface area contributed by atoms with Gasteiger partial charge in [0.15, 0.2) is 0 Å². The van der Waals surface area contributed by atoms with Crippen LogP contribution < -0.4 is 0 Å². The molecular formula is C16H28N2O. The van der Waals surface area contributed by atoms with Gasteiger partial charge in [-0.15, -0.1) is 0 Å². The van der Waals surface area contributed by atoms with Crippen molar-refractivity contribution in [2.24, 2.45) is 5.41 Å². The standard InChI is InChI=1S/C16H28N2O/c1-16(2,3)15(19)10-6-7-13-11-12-18(17-13)14-8-4-5-9-14/h11-12,14-15,19H,4-10H2,1-3H3. The normalized spacial score (nSPS) is 18.9. The smallest absolute Gasteiger partial charge is 0.0624 e. The molecule has 0 aliphatic heterocycles. The first-order valence-corrected chi connectivity index (χ1v) is 7.69. The summed E-state index contributed by atoms with van der Waals surface area (Å²) >= 11 is 0. The molecule has 0 aromatic carbocycles. The van der Waals surface area contributed by atoms with E-state index in [0.717, 1.165) is 19.3 Å². The van der Waals surface area contributed by atoms with Crippen molar-refractivity contribution >= 4 is 0 Å². The Morgan fingerprint density at radius 3 is 2.68 bits per heavy atom. The largest absolute Gasteiger partial charge is 0.393 e. The Kier molecular flexibility index (Phi) is 4.67. The number of hydrogen-bond donors (Lipinski definition) is 1. The van der Waals surface area contributed by atoms with Crippen molar-refractivity contribution in [3.05, 3.63) is 18.0 Å². The average Bonchev–Trinajstić information content (AvgIpc) is 2.97. The van der Waals surface area contributed by atoms with Gasteiger partial charge in [0, 0.05) is 6.20 Å². The van der Waals surface area contributed by atoms with Crippen LogP contribution in [0, 0.1) is 5.41 Å². The lowest BCUT2D eigenvalue weighted by molar-refractivity contribution is 0.0540. The molecule has 1 saturated carbocycles. The molecule has 0 spiro atoms. The molecule has 108 valence electrons. The second-order valence-electron chi connectivity index (χ2n) is 7.00. The molecule has 1 fully saturated rings. The average molecular weight is 264 g/mol. The van der Waals surface area contributed by atoms with Crippen molar-refractivity contribution in [3.8, 4) is 0 Å². The van der Waals surface area contributed by atoms with Crippen molar-refractivity contribution < 1.29 is 5.11 Å². The van der Waals surface area contributed by atoms with Crippen LogP contribution in [0.1, 0.15) is 71.0 Å². The number of aliphatic hydroxyl groups is 1. The zero-order chi connectivity index (χ0) is 13.9. The zero-order valence-corrected chi connectivity index (χ0v) is 12.6. The van der Waals surface area contributed by atoms with E-state index in [0.29, 0.717) is 6.04 Å². The zero-order valence-electron chi connectivity index (χ0n) is 12.6. The van der Waals surface area contributed by atoms with Crippen LogP contribution in [0.4, 0.5) is 0 Å². The molecule has 0 bridgehead atoms. The number of hydrogen-bond acceptors (Lipinski definition) is 2. The summed E-state index contributed by atoms with van der Waals surface area (Å²) in [5, 5.41) is 14.7. The quantitative estimate of drug-likeness (QED) is 0.880. The molecule has 3 nitrogen and oxygen atoms in total. The third-order valence-corrected chi connectivity index (χ3v) is 4.27. The van der Waals surface area contributed by atoms with E-state index in [4.69, 9.17) is 0 Å².